The van der Waals surface area contributed by atoms with Gasteiger partial charge in [-0.2, -0.15) is 5.10 Å². The highest BCUT2D eigenvalue weighted by atomic mass is 32.2. The Balaban J connectivity index is 2.06. The Bertz CT molecular complexity index is 543. The molecule has 0 unspecified atom stereocenters. The summed E-state index contributed by atoms with van der Waals surface area (Å²) in [6.07, 6.45) is 4.16. The maximum atomic E-state index is 11.7. The van der Waals surface area contributed by atoms with Crippen molar-refractivity contribution in [3.63, 3.8) is 0 Å². The highest BCUT2D eigenvalue weighted by Crippen LogP contribution is 2.35. The molecule has 1 aromatic heterocycles. The van der Waals surface area contributed by atoms with Crippen LogP contribution in [0.25, 0.3) is 0 Å². The van der Waals surface area contributed by atoms with Gasteiger partial charge in [0, 0.05) is 24.2 Å². The third-order valence-corrected chi connectivity index (χ3v) is 5.38. The zero-order valence-corrected chi connectivity index (χ0v) is 10.5. The molecule has 5 nitrogen and oxygen atoms in total. The predicted octanol–water partition coefficient (Wildman–Crippen LogP) is 0.538. The molecule has 3 rings (SSSR count). The molecule has 0 atom stereocenters. The molecule has 2 N–H and O–H groups in total. The van der Waals surface area contributed by atoms with Crippen LogP contribution in [0.2, 0.25) is 0 Å². The van der Waals surface area contributed by atoms with E-state index in [1.165, 1.54) is 6.42 Å². The molecule has 17 heavy (non-hydrogen) atoms. The van der Waals surface area contributed by atoms with E-state index in [0.29, 0.717) is 19.0 Å². The van der Waals surface area contributed by atoms with Gasteiger partial charge in [0.05, 0.1) is 23.2 Å². The Morgan fingerprint density at radius 2 is 2.18 bits per heavy atom. The summed E-state index contributed by atoms with van der Waals surface area (Å²) in [4.78, 5) is 0. The molecule has 1 aromatic rings. The molecule has 1 saturated carbocycles. The second kappa shape index (κ2) is 3.81. The van der Waals surface area contributed by atoms with Crippen molar-refractivity contribution in [1.82, 2.24) is 9.78 Å². The van der Waals surface area contributed by atoms with E-state index >= 15 is 0 Å². The van der Waals surface area contributed by atoms with Crippen LogP contribution in [0.15, 0.2) is 0 Å². The van der Waals surface area contributed by atoms with Crippen LogP contribution in [0.1, 0.15) is 42.3 Å². The van der Waals surface area contributed by atoms with Gasteiger partial charge in [-0.1, -0.05) is 0 Å². The van der Waals surface area contributed by atoms with E-state index in [1.807, 2.05) is 0 Å². The second-order valence-corrected chi connectivity index (χ2v) is 7.13. The molecule has 0 aromatic carbocycles. The zero-order chi connectivity index (χ0) is 12.0. The lowest BCUT2D eigenvalue weighted by Crippen LogP contribution is -2.25. The third kappa shape index (κ3) is 1.79. The molecule has 0 amide bonds. The van der Waals surface area contributed by atoms with Crippen molar-refractivity contribution in [2.75, 3.05) is 5.75 Å². The summed E-state index contributed by atoms with van der Waals surface area (Å²) in [5.74, 6) is 0.379. The minimum absolute atomic E-state index is 0.127. The number of hydrogen-bond donors (Lipinski definition) is 1. The monoisotopic (exact) mass is 255 g/mol. The normalized spacial score (nSPS) is 23.1. The van der Waals surface area contributed by atoms with Gasteiger partial charge in [0.1, 0.15) is 0 Å². The van der Waals surface area contributed by atoms with E-state index in [-0.39, 0.29) is 11.5 Å². The molecular formula is C11H17N3O2S. The molecule has 94 valence electrons. The molecular weight excluding hydrogens is 238 g/mol. The van der Waals surface area contributed by atoms with E-state index in [4.69, 9.17) is 5.73 Å². The standard InChI is InChI=1S/C11H17N3O2S/c12-6-10-9-7-17(15,16)5-4-11(9)14(13-10)8-2-1-3-8/h8H,1-7,12H2. The van der Waals surface area contributed by atoms with E-state index in [0.717, 1.165) is 29.8 Å². The van der Waals surface area contributed by atoms with Gasteiger partial charge >= 0.3 is 0 Å². The molecule has 2 aliphatic rings. The Morgan fingerprint density at radius 1 is 1.41 bits per heavy atom. The highest BCUT2D eigenvalue weighted by molar-refractivity contribution is 7.90. The average molecular weight is 255 g/mol. The van der Waals surface area contributed by atoms with Crippen molar-refractivity contribution in [3.8, 4) is 0 Å². The lowest BCUT2D eigenvalue weighted by atomic mass is 9.93. The number of sulfone groups is 1. The van der Waals surface area contributed by atoms with E-state index in [2.05, 4.69) is 9.78 Å². The molecule has 1 aliphatic carbocycles. The van der Waals surface area contributed by atoms with Crippen molar-refractivity contribution in [3.05, 3.63) is 17.0 Å². The lowest BCUT2D eigenvalue weighted by Gasteiger charge is -2.28. The van der Waals surface area contributed by atoms with Crippen molar-refractivity contribution in [2.45, 2.75) is 44.0 Å². The average Bonchev–Trinajstić information content (AvgIpc) is 2.52. The van der Waals surface area contributed by atoms with Crippen molar-refractivity contribution in [2.24, 2.45) is 5.73 Å². The maximum absolute atomic E-state index is 11.7. The summed E-state index contributed by atoms with van der Waals surface area (Å²) >= 11 is 0. The fourth-order valence-corrected chi connectivity index (χ4v) is 4.05. The third-order valence-electron chi connectivity index (χ3n) is 3.83. The van der Waals surface area contributed by atoms with Crippen molar-refractivity contribution >= 4 is 9.84 Å². The van der Waals surface area contributed by atoms with Crippen LogP contribution in [0.4, 0.5) is 0 Å². The Morgan fingerprint density at radius 3 is 2.76 bits per heavy atom. The van der Waals surface area contributed by atoms with E-state index < -0.39 is 9.84 Å². The summed E-state index contributed by atoms with van der Waals surface area (Å²) in [6.45, 7) is 0.331. The Kier molecular flexibility index (Phi) is 2.52. The van der Waals surface area contributed by atoms with Gasteiger partial charge in [0.2, 0.25) is 0 Å². The summed E-state index contributed by atoms with van der Waals surface area (Å²) in [7, 11) is -2.94. The number of fused-ring (bicyclic) bond motifs is 1. The van der Waals surface area contributed by atoms with E-state index in [9.17, 15) is 8.42 Å². The fraction of sp³-hybridized carbons (Fsp3) is 0.727. The van der Waals surface area contributed by atoms with Crippen molar-refractivity contribution in [1.29, 1.82) is 0 Å². The molecule has 1 fully saturated rings. The van der Waals surface area contributed by atoms with Crippen LogP contribution in [-0.4, -0.2) is 24.0 Å². The van der Waals surface area contributed by atoms with Crippen LogP contribution in [0, 0.1) is 0 Å². The number of nitrogens with two attached hydrogens (primary N) is 1. The molecule has 6 heteroatoms. The molecule has 0 spiro atoms. The summed E-state index contributed by atoms with van der Waals surface area (Å²) in [5.41, 5.74) is 8.43. The van der Waals surface area contributed by atoms with E-state index in [1.54, 1.807) is 0 Å². The van der Waals surface area contributed by atoms with Crippen LogP contribution >= 0.6 is 0 Å². The van der Waals surface area contributed by atoms with Crippen molar-refractivity contribution < 1.29 is 8.42 Å². The number of aromatic nitrogens is 2. The first-order valence-corrected chi connectivity index (χ1v) is 7.92. The van der Waals surface area contributed by atoms with Gasteiger partial charge in [-0.3, -0.25) is 4.68 Å². The smallest absolute Gasteiger partial charge is 0.154 e. The zero-order valence-electron chi connectivity index (χ0n) is 9.72. The van der Waals surface area contributed by atoms with Gasteiger partial charge in [-0.25, -0.2) is 8.42 Å². The lowest BCUT2D eigenvalue weighted by molar-refractivity contribution is 0.281. The minimum Gasteiger partial charge on any atom is -0.325 e. The summed E-state index contributed by atoms with van der Waals surface area (Å²) in [6, 6.07) is 0.477. The number of rotatable bonds is 2. The quantitative estimate of drug-likeness (QED) is 0.836. The largest absolute Gasteiger partial charge is 0.325 e. The Labute approximate surface area is 101 Å². The first kappa shape index (κ1) is 11.2. The summed E-state index contributed by atoms with van der Waals surface area (Å²) in [5, 5.41) is 4.53. The number of hydrogen-bond acceptors (Lipinski definition) is 4. The molecule has 0 radical (unpaired) electrons. The molecule has 2 heterocycles. The minimum atomic E-state index is -2.94. The fourth-order valence-electron chi connectivity index (χ4n) is 2.63. The second-order valence-electron chi connectivity index (χ2n) is 4.95. The first-order valence-electron chi connectivity index (χ1n) is 6.10. The topological polar surface area (TPSA) is 78.0 Å². The van der Waals surface area contributed by atoms with Gasteiger partial charge in [0.15, 0.2) is 9.84 Å². The first-order chi connectivity index (χ1) is 8.11. The van der Waals surface area contributed by atoms with Crippen LogP contribution in [0.5, 0.6) is 0 Å². The van der Waals surface area contributed by atoms with Crippen LogP contribution in [-0.2, 0) is 28.6 Å². The molecule has 0 saturated heterocycles. The van der Waals surface area contributed by atoms with Crippen LogP contribution in [0.3, 0.4) is 0 Å². The highest BCUT2D eigenvalue weighted by Gasteiger charge is 2.31. The SMILES string of the molecule is NCc1nn(C2CCC2)c2c1CS(=O)(=O)CC2. The summed E-state index contributed by atoms with van der Waals surface area (Å²) < 4.78 is 25.4. The molecule has 1 aliphatic heterocycles. The van der Waals surface area contributed by atoms with Gasteiger partial charge in [-0.05, 0) is 19.3 Å². The maximum Gasteiger partial charge on any atom is 0.154 e. The van der Waals surface area contributed by atoms with Gasteiger partial charge in [-0.15, -0.1) is 0 Å². The number of nitrogens with zero attached hydrogens (tertiary/aromatic N) is 2. The Hall–Kier alpha value is -0.880. The molecule has 0 bridgehead atoms. The van der Waals surface area contributed by atoms with Gasteiger partial charge < -0.3 is 5.73 Å². The van der Waals surface area contributed by atoms with Crippen LogP contribution < -0.4 is 5.73 Å². The predicted molar refractivity (Wildman–Crippen MR) is 64.2 cm³/mol. The van der Waals surface area contributed by atoms with Gasteiger partial charge in [0.25, 0.3) is 0 Å².